The molecule has 2 atom stereocenters. The summed E-state index contributed by atoms with van der Waals surface area (Å²) in [5.41, 5.74) is 0.913. The van der Waals surface area contributed by atoms with Gasteiger partial charge in [0.1, 0.15) is 6.61 Å². The Morgan fingerprint density at radius 2 is 2.08 bits per heavy atom. The molecule has 1 saturated carbocycles. The Balaban J connectivity index is 1.74. The van der Waals surface area contributed by atoms with Gasteiger partial charge in [-0.15, -0.1) is 0 Å². The van der Waals surface area contributed by atoms with Gasteiger partial charge in [-0.05, 0) is 24.7 Å². The van der Waals surface area contributed by atoms with Crippen molar-refractivity contribution in [3.63, 3.8) is 0 Å². The van der Waals surface area contributed by atoms with Crippen LogP contribution in [0.2, 0.25) is 0 Å². The van der Waals surface area contributed by atoms with Crippen LogP contribution in [-0.2, 0) is 14.3 Å². The molecule has 1 heterocycles. The van der Waals surface area contributed by atoms with Gasteiger partial charge >= 0.3 is 0 Å². The summed E-state index contributed by atoms with van der Waals surface area (Å²) in [7, 11) is 1.73. The lowest BCUT2D eigenvalue weighted by molar-refractivity contribution is -0.162. The molecule has 130 valence electrons. The van der Waals surface area contributed by atoms with Crippen molar-refractivity contribution < 1.29 is 14.3 Å². The smallest absolute Gasteiger partial charge is 0.251 e. The van der Waals surface area contributed by atoms with Gasteiger partial charge in [-0.1, -0.05) is 36.8 Å². The first-order valence-electron chi connectivity index (χ1n) is 8.31. The molecule has 0 bridgehead atoms. The normalized spacial score (nSPS) is 25.9. The first-order chi connectivity index (χ1) is 11.6. The van der Waals surface area contributed by atoms with E-state index in [0.29, 0.717) is 6.54 Å². The van der Waals surface area contributed by atoms with Crippen molar-refractivity contribution in [2.45, 2.75) is 36.2 Å². The lowest BCUT2D eigenvalue weighted by Gasteiger charge is -2.42. The summed E-state index contributed by atoms with van der Waals surface area (Å²) in [4.78, 5) is 26.4. The predicted octanol–water partition coefficient (Wildman–Crippen LogP) is 1.99. The molecule has 1 aromatic rings. The van der Waals surface area contributed by atoms with Crippen molar-refractivity contribution in [2.75, 3.05) is 26.5 Å². The summed E-state index contributed by atoms with van der Waals surface area (Å²) in [6, 6.07) is 9.21. The van der Waals surface area contributed by atoms with Gasteiger partial charge in [0, 0.05) is 18.3 Å². The monoisotopic (exact) mass is 348 g/mol. The number of benzene rings is 1. The molecule has 2 aliphatic rings. The molecule has 0 spiro atoms. The van der Waals surface area contributed by atoms with Gasteiger partial charge in [0.25, 0.3) is 5.91 Å². The number of likely N-dealkylation sites (N-methyl/N-ethyl adjacent to an activating group) is 1. The second kappa shape index (κ2) is 7.15. The number of hydrogen-bond acceptors (Lipinski definition) is 4. The van der Waals surface area contributed by atoms with Crippen molar-refractivity contribution in [1.82, 2.24) is 10.2 Å². The number of nitrogens with zero attached hydrogens (tertiary/aromatic N) is 1. The number of rotatable bonds is 5. The number of nitrogens with one attached hydrogen (secondary N) is 1. The number of thioether (sulfide) groups is 1. The molecule has 0 radical (unpaired) electrons. The zero-order valence-corrected chi connectivity index (χ0v) is 15.0. The van der Waals surface area contributed by atoms with Gasteiger partial charge in [-0.3, -0.25) is 9.59 Å². The van der Waals surface area contributed by atoms with Gasteiger partial charge in [0.15, 0.2) is 6.10 Å². The van der Waals surface area contributed by atoms with Crippen LogP contribution in [0.3, 0.4) is 0 Å². The summed E-state index contributed by atoms with van der Waals surface area (Å²) >= 11 is 1.83. The maximum Gasteiger partial charge on any atom is 0.251 e. The Kier molecular flexibility index (Phi) is 5.15. The Hall–Kier alpha value is -1.53. The molecule has 3 rings (SSSR count). The Morgan fingerprint density at radius 1 is 1.38 bits per heavy atom. The summed E-state index contributed by atoms with van der Waals surface area (Å²) in [6.07, 6.45) is 4.93. The molecular weight excluding hydrogens is 324 g/mol. The van der Waals surface area contributed by atoms with Crippen molar-refractivity contribution in [3.05, 3.63) is 35.9 Å². The van der Waals surface area contributed by atoms with E-state index in [1.807, 2.05) is 42.1 Å². The van der Waals surface area contributed by atoms with Gasteiger partial charge in [0.05, 0.1) is 6.04 Å². The highest BCUT2D eigenvalue weighted by Gasteiger charge is 2.42. The van der Waals surface area contributed by atoms with Crippen LogP contribution in [-0.4, -0.2) is 54.0 Å². The average molecular weight is 348 g/mol. The van der Waals surface area contributed by atoms with E-state index >= 15 is 0 Å². The zero-order valence-electron chi connectivity index (χ0n) is 14.2. The highest BCUT2D eigenvalue weighted by Crippen LogP contribution is 2.42. The van der Waals surface area contributed by atoms with Gasteiger partial charge in [0.2, 0.25) is 5.91 Å². The fourth-order valence-electron chi connectivity index (χ4n) is 3.35. The molecule has 2 amide bonds. The minimum atomic E-state index is -0.672. The van der Waals surface area contributed by atoms with E-state index in [9.17, 15) is 9.59 Å². The minimum Gasteiger partial charge on any atom is -0.356 e. The first-order valence-corrected chi connectivity index (χ1v) is 9.54. The second-order valence-electron chi connectivity index (χ2n) is 6.55. The molecule has 1 saturated heterocycles. The number of ether oxygens (including phenoxy) is 1. The van der Waals surface area contributed by atoms with Crippen LogP contribution in [0.1, 0.15) is 30.9 Å². The van der Waals surface area contributed by atoms with E-state index in [0.717, 1.165) is 18.4 Å². The third-order valence-corrected chi connectivity index (χ3v) is 6.58. The van der Waals surface area contributed by atoms with E-state index in [2.05, 4.69) is 11.6 Å². The number of carbonyl (C=O) groups excluding carboxylic acids is 2. The lowest BCUT2D eigenvalue weighted by Crippen LogP contribution is -2.55. The summed E-state index contributed by atoms with van der Waals surface area (Å²) in [5, 5.41) is 3.06. The quantitative estimate of drug-likeness (QED) is 0.884. The maximum atomic E-state index is 12.8. The highest BCUT2D eigenvalue weighted by molar-refractivity contribution is 8.00. The molecule has 0 unspecified atom stereocenters. The average Bonchev–Trinajstić information content (AvgIpc) is 2.57. The van der Waals surface area contributed by atoms with Crippen LogP contribution < -0.4 is 5.32 Å². The van der Waals surface area contributed by atoms with E-state index in [-0.39, 0.29) is 29.2 Å². The first kappa shape index (κ1) is 17.3. The van der Waals surface area contributed by atoms with Gasteiger partial charge in [-0.25, -0.2) is 0 Å². The van der Waals surface area contributed by atoms with Crippen molar-refractivity contribution in [2.24, 2.45) is 0 Å². The molecule has 1 aliphatic carbocycles. The summed E-state index contributed by atoms with van der Waals surface area (Å²) in [5.74, 6) is -0.240. The van der Waals surface area contributed by atoms with Gasteiger partial charge < -0.3 is 15.0 Å². The molecular formula is C18H24N2O3S. The number of hydrogen-bond donors (Lipinski definition) is 1. The number of morpholine rings is 1. The van der Waals surface area contributed by atoms with Crippen LogP contribution in [0.5, 0.6) is 0 Å². The lowest BCUT2D eigenvalue weighted by atomic mass is 9.84. The van der Waals surface area contributed by atoms with E-state index in [1.165, 1.54) is 6.42 Å². The molecule has 1 N–H and O–H groups in total. The van der Waals surface area contributed by atoms with Gasteiger partial charge in [-0.2, -0.15) is 11.8 Å². The fraction of sp³-hybridized carbons (Fsp3) is 0.556. The maximum absolute atomic E-state index is 12.8. The van der Waals surface area contributed by atoms with E-state index < -0.39 is 6.10 Å². The van der Waals surface area contributed by atoms with Crippen LogP contribution in [0.15, 0.2) is 30.3 Å². The Bertz CT molecular complexity index is 598. The molecule has 24 heavy (non-hydrogen) atoms. The fourth-order valence-corrected chi connectivity index (χ4v) is 4.27. The predicted molar refractivity (Wildman–Crippen MR) is 94.8 cm³/mol. The topological polar surface area (TPSA) is 58.6 Å². The summed E-state index contributed by atoms with van der Waals surface area (Å²) in [6.45, 7) is 0.609. The largest absolute Gasteiger partial charge is 0.356 e. The highest BCUT2D eigenvalue weighted by atomic mass is 32.2. The van der Waals surface area contributed by atoms with Crippen LogP contribution in [0.25, 0.3) is 0 Å². The standard InChI is InChI=1S/C18H24N2O3S/c1-20-14(21)11-23-16(15(20)13-7-4-3-5-8-13)17(22)19-12-18(24-2)9-6-10-18/h3-5,7-8,15-16H,6,9-12H2,1-2H3,(H,19,22)/t15-,16+/m1/s1. The Labute approximate surface area is 147 Å². The molecule has 1 aliphatic heterocycles. The van der Waals surface area contributed by atoms with E-state index in [1.54, 1.807) is 11.9 Å². The molecule has 5 nitrogen and oxygen atoms in total. The van der Waals surface area contributed by atoms with Crippen LogP contribution in [0, 0.1) is 0 Å². The molecule has 1 aromatic carbocycles. The zero-order chi connectivity index (χ0) is 17.2. The number of amides is 2. The summed E-state index contributed by atoms with van der Waals surface area (Å²) < 4.78 is 5.80. The van der Waals surface area contributed by atoms with E-state index in [4.69, 9.17) is 4.74 Å². The van der Waals surface area contributed by atoms with Crippen molar-refractivity contribution in [1.29, 1.82) is 0 Å². The second-order valence-corrected chi connectivity index (χ2v) is 7.82. The third-order valence-electron chi connectivity index (χ3n) is 5.17. The number of carbonyl (C=O) groups is 2. The van der Waals surface area contributed by atoms with Crippen molar-refractivity contribution >= 4 is 23.6 Å². The SMILES string of the molecule is CSC1(CNC(=O)[C@H]2OCC(=O)N(C)[C@@H]2c2ccccc2)CCC1. The molecule has 6 heteroatoms. The molecule has 0 aromatic heterocycles. The third kappa shape index (κ3) is 3.30. The van der Waals surface area contributed by atoms with Crippen LogP contribution >= 0.6 is 11.8 Å². The van der Waals surface area contributed by atoms with Crippen molar-refractivity contribution in [3.8, 4) is 0 Å². The molecule has 2 fully saturated rings. The van der Waals surface area contributed by atoms with Crippen LogP contribution in [0.4, 0.5) is 0 Å². The minimum absolute atomic E-state index is 0.0500. The Morgan fingerprint density at radius 3 is 2.67 bits per heavy atom.